The number of alkyl carbamates (subject to hydrolysis) is 1. The Bertz CT molecular complexity index is 1260. The van der Waals surface area contributed by atoms with Gasteiger partial charge in [-0.25, -0.2) is 9.59 Å². The second-order valence-electron chi connectivity index (χ2n) is 10.7. The Morgan fingerprint density at radius 1 is 1.08 bits per heavy atom. The maximum absolute atomic E-state index is 12.5. The van der Waals surface area contributed by atoms with Crippen LogP contribution in [-0.4, -0.2) is 53.0 Å². The van der Waals surface area contributed by atoms with E-state index >= 15 is 0 Å². The zero-order chi connectivity index (χ0) is 27.4. The van der Waals surface area contributed by atoms with Gasteiger partial charge in [-0.2, -0.15) is 0 Å². The lowest BCUT2D eigenvalue weighted by atomic mass is 9.76. The molecule has 2 aromatic carbocycles. The molecule has 0 spiro atoms. The maximum atomic E-state index is 12.5. The van der Waals surface area contributed by atoms with Crippen LogP contribution >= 0.6 is 0 Å². The molecule has 2 aromatic rings. The van der Waals surface area contributed by atoms with Crippen molar-refractivity contribution in [3.05, 3.63) is 71.0 Å². The summed E-state index contributed by atoms with van der Waals surface area (Å²) in [7, 11) is 0. The molecule has 2 aliphatic rings. The van der Waals surface area contributed by atoms with Gasteiger partial charge in [-0.05, 0) is 47.4 Å². The summed E-state index contributed by atoms with van der Waals surface area (Å²) in [5.41, 5.74) is 4.79. The third-order valence-corrected chi connectivity index (χ3v) is 7.15. The summed E-state index contributed by atoms with van der Waals surface area (Å²) in [5.74, 6) is -1.37. The van der Waals surface area contributed by atoms with Gasteiger partial charge in [0.1, 0.15) is 18.4 Å². The molecular weight excluding hydrogens is 484 g/mol. The van der Waals surface area contributed by atoms with Crippen molar-refractivity contribution in [2.75, 3.05) is 13.2 Å². The van der Waals surface area contributed by atoms with Gasteiger partial charge in [-0.15, -0.1) is 0 Å². The molecule has 1 atom stereocenters. The van der Waals surface area contributed by atoms with Gasteiger partial charge in [0.15, 0.2) is 5.78 Å². The molecule has 3 N–H and O–H groups in total. The fourth-order valence-corrected chi connectivity index (χ4v) is 5.36. The first-order valence-corrected chi connectivity index (χ1v) is 12.9. The smallest absolute Gasteiger partial charge is 0.407 e. The number of aliphatic hydroxyl groups is 1. The Morgan fingerprint density at radius 2 is 1.68 bits per heavy atom. The van der Waals surface area contributed by atoms with E-state index in [9.17, 15) is 24.6 Å². The van der Waals surface area contributed by atoms with Crippen LogP contribution in [0.25, 0.3) is 11.1 Å². The fourth-order valence-electron chi connectivity index (χ4n) is 5.36. The number of allylic oxidation sites excluding steroid dienone is 2. The molecule has 8 nitrogen and oxygen atoms in total. The van der Waals surface area contributed by atoms with E-state index in [1.54, 1.807) is 6.92 Å². The van der Waals surface area contributed by atoms with Crippen LogP contribution in [0.4, 0.5) is 4.79 Å². The van der Waals surface area contributed by atoms with Crippen molar-refractivity contribution >= 4 is 23.6 Å². The average Bonchev–Trinajstić information content (AvgIpc) is 3.17. The van der Waals surface area contributed by atoms with Crippen LogP contribution in [0.5, 0.6) is 0 Å². The Hall–Kier alpha value is -3.94. The number of aliphatic carboxylic acids is 1. The van der Waals surface area contributed by atoms with Crippen molar-refractivity contribution in [1.82, 2.24) is 5.32 Å². The molecule has 38 heavy (non-hydrogen) atoms. The molecule has 0 saturated carbocycles. The number of nitrogens with zero attached hydrogens (tertiary/aromatic N) is 1. The standard InChI is InChI=1S/C30H34N2O6/c1-18(27-25(33)15-30(2,3)16-26(27)34)31-14-8-13-24(28(35)36)32-29(37)38-17-23-21-11-6-4-9-19(21)20-10-5-7-12-22(20)23/h4-7,9-12,23-24,33H,8,13-17H2,1-3H3,(H,32,37)(H,35,36)/t24-/m0/s1. The number of carbonyl (C=O) groups excluding carboxylic acids is 2. The Labute approximate surface area is 222 Å². The number of rotatable bonds is 9. The largest absolute Gasteiger partial charge is 0.511 e. The second-order valence-corrected chi connectivity index (χ2v) is 10.7. The molecule has 0 fully saturated rings. The van der Waals surface area contributed by atoms with Gasteiger partial charge >= 0.3 is 12.1 Å². The monoisotopic (exact) mass is 518 g/mol. The predicted octanol–water partition coefficient (Wildman–Crippen LogP) is 5.42. The quantitative estimate of drug-likeness (QED) is 0.301. The van der Waals surface area contributed by atoms with E-state index < -0.39 is 18.1 Å². The molecule has 0 heterocycles. The molecule has 0 unspecified atom stereocenters. The van der Waals surface area contributed by atoms with Crippen LogP contribution in [-0.2, 0) is 14.3 Å². The topological polar surface area (TPSA) is 125 Å². The van der Waals surface area contributed by atoms with Gasteiger partial charge < -0.3 is 20.3 Å². The SMILES string of the molecule is CC(=NCCC[C@H](NC(=O)OCC1c2ccccc2-c2ccccc21)C(=O)O)C1=C(O)CC(C)(C)CC1=O. The molecule has 0 saturated heterocycles. The van der Waals surface area contributed by atoms with Crippen molar-refractivity contribution in [2.24, 2.45) is 10.4 Å². The minimum atomic E-state index is -1.16. The lowest BCUT2D eigenvalue weighted by Crippen LogP contribution is -2.41. The van der Waals surface area contributed by atoms with Crippen molar-refractivity contribution < 1.29 is 29.3 Å². The number of ketones is 1. The number of aliphatic hydroxyl groups excluding tert-OH is 1. The van der Waals surface area contributed by atoms with Crippen molar-refractivity contribution in [2.45, 2.75) is 58.4 Å². The van der Waals surface area contributed by atoms with Gasteiger partial charge in [-0.1, -0.05) is 62.4 Å². The summed E-state index contributed by atoms with van der Waals surface area (Å²) in [5, 5.41) is 22.4. The number of hydrogen-bond acceptors (Lipinski definition) is 6. The molecule has 8 heteroatoms. The second kappa shape index (κ2) is 11.2. The number of amides is 1. The van der Waals surface area contributed by atoms with E-state index in [1.165, 1.54) is 0 Å². The summed E-state index contributed by atoms with van der Waals surface area (Å²) in [6, 6.07) is 14.8. The number of benzene rings is 2. The number of ether oxygens (including phenoxy) is 1. The third-order valence-electron chi connectivity index (χ3n) is 7.15. The molecular formula is C30H34N2O6. The zero-order valence-corrected chi connectivity index (χ0v) is 22.0. The highest BCUT2D eigenvalue weighted by Gasteiger charge is 2.34. The highest BCUT2D eigenvalue weighted by atomic mass is 16.5. The summed E-state index contributed by atoms with van der Waals surface area (Å²) in [6.45, 7) is 5.89. The first-order chi connectivity index (χ1) is 18.1. The lowest BCUT2D eigenvalue weighted by molar-refractivity contribution is -0.139. The number of carbonyl (C=O) groups is 3. The Balaban J connectivity index is 1.31. The molecule has 0 radical (unpaired) electrons. The number of fused-ring (bicyclic) bond motifs is 3. The third kappa shape index (κ3) is 5.96. The van der Waals surface area contributed by atoms with E-state index in [0.29, 0.717) is 25.0 Å². The highest BCUT2D eigenvalue weighted by Crippen LogP contribution is 2.44. The Kier molecular flexibility index (Phi) is 7.99. The van der Waals surface area contributed by atoms with Crippen LogP contribution in [0.1, 0.15) is 63.5 Å². The summed E-state index contributed by atoms with van der Waals surface area (Å²) >= 11 is 0. The summed E-state index contributed by atoms with van der Waals surface area (Å²) in [6.07, 6.45) is 0.467. The number of hydrogen-bond donors (Lipinski definition) is 3. The first-order valence-electron chi connectivity index (χ1n) is 12.9. The van der Waals surface area contributed by atoms with Gasteiger partial charge in [0.2, 0.25) is 0 Å². The summed E-state index contributed by atoms with van der Waals surface area (Å²) < 4.78 is 5.47. The van der Waals surface area contributed by atoms with Crippen LogP contribution in [0, 0.1) is 5.41 Å². The van der Waals surface area contributed by atoms with Gasteiger partial charge in [0.25, 0.3) is 0 Å². The molecule has 0 aromatic heterocycles. The van der Waals surface area contributed by atoms with Crippen molar-refractivity contribution in [3.8, 4) is 11.1 Å². The Morgan fingerprint density at radius 3 is 2.26 bits per heavy atom. The van der Waals surface area contributed by atoms with E-state index in [2.05, 4.69) is 10.3 Å². The predicted molar refractivity (Wildman–Crippen MR) is 145 cm³/mol. The van der Waals surface area contributed by atoms with Gasteiger partial charge in [0, 0.05) is 31.0 Å². The number of nitrogens with one attached hydrogen (secondary N) is 1. The number of aliphatic imine (C=N–C) groups is 1. The molecule has 0 aliphatic heterocycles. The maximum Gasteiger partial charge on any atom is 0.407 e. The lowest BCUT2D eigenvalue weighted by Gasteiger charge is -2.29. The molecule has 0 bridgehead atoms. The minimum Gasteiger partial charge on any atom is -0.511 e. The van der Waals surface area contributed by atoms with E-state index in [0.717, 1.165) is 22.3 Å². The van der Waals surface area contributed by atoms with E-state index in [1.807, 2.05) is 62.4 Å². The van der Waals surface area contributed by atoms with Crippen LogP contribution < -0.4 is 5.32 Å². The van der Waals surface area contributed by atoms with E-state index in [-0.39, 0.29) is 48.0 Å². The van der Waals surface area contributed by atoms with Crippen molar-refractivity contribution in [1.29, 1.82) is 0 Å². The number of carboxylic acid groups (broad SMARTS) is 1. The summed E-state index contributed by atoms with van der Waals surface area (Å²) in [4.78, 5) is 41.1. The highest BCUT2D eigenvalue weighted by molar-refractivity contribution is 6.22. The number of carboxylic acids is 1. The molecule has 200 valence electrons. The first kappa shape index (κ1) is 27.1. The molecule has 4 rings (SSSR count). The number of Topliss-reactive ketones (excluding diaryl/α,β-unsaturated/α-hetero) is 1. The minimum absolute atomic E-state index is 0.0489. The average molecular weight is 519 g/mol. The van der Waals surface area contributed by atoms with E-state index in [4.69, 9.17) is 4.74 Å². The van der Waals surface area contributed by atoms with Crippen LogP contribution in [0.15, 0.2) is 64.9 Å². The van der Waals surface area contributed by atoms with Gasteiger partial charge in [0.05, 0.1) is 5.57 Å². The normalized spacial score (nSPS) is 17.6. The van der Waals surface area contributed by atoms with Gasteiger partial charge in [-0.3, -0.25) is 9.79 Å². The van der Waals surface area contributed by atoms with Crippen LogP contribution in [0.3, 0.4) is 0 Å². The van der Waals surface area contributed by atoms with Crippen LogP contribution in [0.2, 0.25) is 0 Å². The fraction of sp³-hybridized carbons (Fsp3) is 0.400. The van der Waals surface area contributed by atoms with Crippen molar-refractivity contribution in [3.63, 3.8) is 0 Å². The zero-order valence-electron chi connectivity index (χ0n) is 22.0. The molecule has 1 amide bonds. The molecule has 2 aliphatic carbocycles.